The number of nitrogens with zero attached hydrogens (tertiary/aromatic N) is 6. The Morgan fingerprint density at radius 2 is 1.97 bits per heavy atom. The van der Waals surface area contributed by atoms with Crippen LogP contribution in [-0.4, -0.2) is 41.6 Å². The van der Waals surface area contributed by atoms with E-state index in [1.807, 2.05) is 53.2 Å². The van der Waals surface area contributed by atoms with Crippen LogP contribution in [0.1, 0.15) is 35.7 Å². The van der Waals surface area contributed by atoms with E-state index in [1.165, 1.54) is 6.33 Å². The van der Waals surface area contributed by atoms with Gasteiger partial charge in [0.05, 0.1) is 11.7 Å². The minimum atomic E-state index is -0.989. The first kappa shape index (κ1) is 26.3. The van der Waals surface area contributed by atoms with Crippen molar-refractivity contribution >= 4 is 47.3 Å². The molecular weight excluding hydrogens is 539 g/mol. The number of allylic oxidation sites excluding steroid dienone is 1. The zero-order valence-electron chi connectivity index (χ0n) is 20.4. The van der Waals surface area contributed by atoms with E-state index in [-0.39, 0.29) is 24.0 Å². The van der Waals surface area contributed by atoms with Gasteiger partial charge in [-0.2, -0.15) is 4.68 Å². The summed E-state index contributed by atoms with van der Waals surface area (Å²) in [5.74, 6) is -0.989. The number of carboxylic acid groups (broad SMARTS) is 1. The van der Waals surface area contributed by atoms with Gasteiger partial charge in [-0.1, -0.05) is 29.8 Å². The highest BCUT2D eigenvalue weighted by Crippen LogP contribution is 2.36. The van der Waals surface area contributed by atoms with E-state index < -0.39 is 5.97 Å². The number of benzene rings is 2. The normalized spacial score (nSPS) is 16.1. The molecule has 0 bridgehead atoms. The molecule has 0 saturated carbocycles. The Labute approximate surface area is 234 Å². The van der Waals surface area contributed by atoms with Crippen LogP contribution in [0.3, 0.4) is 0 Å². The molecule has 0 unspecified atom stereocenters. The standard InChI is InChI=1S/C28H21ClN6O3.ClH/c29-21-5-7-25(34-16-31-32-33-34)23(14-21)19-11-22-6-8-26(35(22)27(36)13-19)24-12-20(15-30-24)18-3-1-2-17(10-18)4-9-28(37)38;/h1-5,7,9-11,13-16,26H,6,8,12H2,(H,37,38);1H/b9-4+;/t26-;/m0./s1. The molecule has 196 valence electrons. The molecule has 4 heterocycles. The number of aliphatic carboxylic acids is 1. The lowest BCUT2D eigenvalue weighted by atomic mass is 9.97. The fraction of sp³-hybridized carbons (Fsp3) is 0.143. The number of hydrogen-bond acceptors (Lipinski definition) is 6. The van der Waals surface area contributed by atoms with Crippen molar-refractivity contribution < 1.29 is 9.90 Å². The van der Waals surface area contributed by atoms with Crippen LogP contribution in [0.4, 0.5) is 0 Å². The second-order valence-corrected chi connectivity index (χ2v) is 9.60. The Bertz CT molecular complexity index is 1720. The molecule has 9 nitrogen and oxygen atoms in total. The first-order chi connectivity index (χ1) is 18.5. The Morgan fingerprint density at radius 1 is 1.10 bits per heavy atom. The van der Waals surface area contributed by atoms with E-state index >= 15 is 0 Å². The number of pyridine rings is 1. The van der Waals surface area contributed by atoms with Gasteiger partial charge in [-0.3, -0.25) is 9.79 Å². The number of rotatable bonds is 6. The van der Waals surface area contributed by atoms with Crippen molar-refractivity contribution in [2.45, 2.75) is 25.3 Å². The molecule has 0 radical (unpaired) electrons. The number of halogens is 2. The van der Waals surface area contributed by atoms with Crippen molar-refractivity contribution in [2.24, 2.45) is 4.99 Å². The average molecular weight is 561 g/mol. The summed E-state index contributed by atoms with van der Waals surface area (Å²) in [4.78, 5) is 29.0. The first-order valence-electron chi connectivity index (χ1n) is 12.0. The number of hydrogen-bond donors (Lipinski definition) is 1. The number of tetrazole rings is 1. The number of aromatic nitrogens is 5. The van der Waals surface area contributed by atoms with Gasteiger partial charge in [-0.05, 0) is 81.9 Å². The SMILES string of the molecule is Cl.O=C(O)/C=C/c1cccc(C2=CN=C([C@@H]3CCc4cc(-c5cc(Cl)ccc5-n5cnnn5)cc(=O)n43)C2)c1. The maximum atomic E-state index is 13.4. The van der Waals surface area contributed by atoms with E-state index in [0.717, 1.165) is 63.8 Å². The summed E-state index contributed by atoms with van der Waals surface area (Å²) in [6.45, 7) is 0. The first-order valence-corrected chi connectivity index (χ1v) is 12.4. The van der Waals surface area contributed by atoms with Gasteiger partial charge in [0.1, 0.15) is 6.33 Å². The maximum absolute atomic E-state index is 13.4. The highest BCUT2D eigenvalue weighted by Gasteiger charge is 2.30. The molecule has 2 aliphatic rings. The smallest absolute Gasteiger partial charge is 0.328 e. The molecule has 11 heteroatoms. The molecule has 1 atom stereocenters. The summed E-state index contributed by atoms with van der Waals surface area (Å²) < 4.78 is 3.39. The summed E-state index contributed by atoms with van der Waals surface area (Å²) >= 11 is 6.30. The van der Waals surface area contributed by atoms with Crippen LogP contribution in [0, 0.1) is 0 Å². The molecule has 39 heavy (non-hydrogen) atoms. The van der Waals surface area contributed by atoms with Crippen LogP contribution < -0.4 is 5.56 Å². The van der Waals surface area contributed by atoms with Crippen molar-refractivity contribution in [1.29, 1.82) is 0 Å². The fourth-order valence-electron chi connectivity index (χ4n) is 5.11. The van der Waals surface area contributed by atoms with Gasteiger partial charge in [0.25, 0.3) is 5.56 Å². The largest absolute Gasteiger partial charge is 0.478 e. The lowest BCUT2D eigenvalue weighted by Gasteiger charge is -2.17. The van der Waals surface area contributed by atoms with Gasteiger partial charge >= 0.3 is 5.97 Å². The second kappa shape index (κ2) is 10.8. The van der Waals surface area contributed by atoms with Gasteiger partial charge in [0.15, 0.2) is 0 Å². The number of aryl methyl sites for hydroxylation is 1. The molecule has 6 rings (SSSR count). The molecule has 0 fully saturated rings. The molecule has 1 N–H and O–H groups in total. The Morgan fingerprint density at radius 3 is 2.77 bits per heavy atom. The molecule has 2 aliphatic heterocycles. The van der Waals surface area contributed by atoms with E-state index in [1.54, 1.807) is 22.9 Å². The Balaban J connectivity index is 0.00000308. The van der Waals surface area contributed by atoms with Crippen molar-refractivity contribution in [1.82, 2.24) is 24.8 Å². The summed E-state index contributed by atoms with van der Waals surface area (Å²) in [6.07, 6.45) is 8.20. The quantitative estimate of drug-likeness (QED) is 0.330. The predicted molar refractivity (Wildman–Crippen MR) is 152 cm³/mol. The minimum Gasteiger partial charge on any atom is -0.478 e. The molecule has 4 aromatic rings. The molecule has 0 spiro atoms. The lowest BCUT2D eigenvalue weighted by Crippen LogP contribution is -2.27. The zero-order chi connectivity index (χ0) is 26.2. The zero-order valence-corrected chi connectivity index (χ0v) is 22.0. The van der Waals surface area contributed by atoms with Crippen LogP contribution in [0.15, 0.2) is 83.0 Å². The monoisotopic (exact) mass is 560 g/mol. The minimum absolute atomic E-state index is 0. The van der Waals surface area contributed by atoms with E-state index in [9.17, 15) is 9.59 Å². The maximum Gasteiger partial charge on any atom is 0.328 e. The third-order valence-corrected chi connectivity index (χ3v) is 7.05. The van der Waals surface area contributed by atoms with Crippen LogP contribution in [-0.2, 0) is 11.2 Å². The highest BCUT2D eigenvalue weighted by atomic mass is 35.5. The summed E-state index contributed by atoms with van der Waals surface area (Å²) in [5.41, 5.74) is 6.86. The van der Waals surface area contributed by atoms with E-state index in [4.69, 9.17) is 21.7 Å². The number of aliphatic imine (C=N–C) groups is 1. The molecule has 0 amide bonds. The molecule has 0 saturated heterocycles. The van der Waals surface area contributed by atoms with Gasteiger partial charge in [-0.25, -0.2) is 4.79 Å². The molecule has 2 aromatic heterocycles. The summed E-state index contributed by atoms with van der Waals surface area (Å²) in [6, 6.07) is 16.6. The average Bonchev–Trinajstić information content (AvgIpc) is 3.68. The van der Waals surface area contributed by atoms with Gasteiger partial charge < -0.3 is 9.67 Å². The van der Waals surface area contributed by atoms with Gasteiger partial charge in [0.2, 0.25) is 0 Å². The van der Waals surface area contributed by atoms with Crippen molar-refractivity contribution in [2.75, 3.05) is 0 Å². The van der Waals surface area contributed by atoms with Crippen LogP contribution >= 0.6 is 24.0 Å². The summed E-state index contributed by atoms with van der Waals surface area (Å²) in [5, 5.41) is 20.9. The second-order valence-electron chi connectivity index (χ2n) is 9.16. The number of fused-ring (bicyclic) bond motifs is 1. The van der Waals surface area contributed by atoms with Crippen LogP contribution in [0.25, 0.3) is 28.5 Å². The fourth-order valence-corrected chi connectivity index (χ4v) is 5.29. The van der Waals surface area contributed by atoms with Crippen molar-refractivity contribution in [3.05, 3.63) is 105 Å². The summed E-state index contributed by atoms with van der Waals surface area (Å²) in [7, 11) is 0. The topological polar surface area (TPSA) is 115 Å². The third kappa shape index (κ3) is 5.19. The highest BCUT2D eigenvalue weighted by molar-refractivity contribution is 6.31. The number of carboxylic acids is 1. The van der Waals surface area contributed by atoms with Crippen LogP contribution in [0.5, 0.6) is 0 Å². The molecule has 0 aliphatic carbocycles. The Kier molecular flexibility index (Phi) is 7.28. The van der Waals surface area contributed by atoms with Gasteiger partial charge in [0, 0.05) is 46.8 Å². The predicted octanol–water partition coefficient (Wildman–Crippen LogP) is 5.04. The lowest BCUT2D eigenvalue weighted by molar-refractivity contribution is -0.131. The van der Waals surface area contributed by atoms with Crippen LogP contribution in [0.2, 0.25) is 5.02 Å². The van der Waals surface area contributed by atoms with Crippen molar-refractivity contribution in [3.63, 3.8) is 0 Å². The number of carbonyl (C=O) groups is 1. The van der Waals surface area contributed by atoms with Crippen molar-refractivity contribution in [3.8, 4) is 16.8 Å². The Hall–Kier alpha value is -4.34. The van der Waals surface area contributed by atoms with Gasteiger partial charge in [-0.15, -0.1) is 17.5 Å². The third-order valence-electron chi connectivity index (χ3n) is 6.82. The molecule has 2 aromatic carbocycles. The van der Waals surface area contributed by atoms with E-state index in [0.29, 0.717) is 11.4 Å². The molecular formula is C28H22Cl2N6O3. The van der Waals surface area contributed by atoms with E-state index in [2.05, 4.69) is 15.5 Å².